The molecule has 0 unspecified atom stereocenters. The van der Waals surface area contributed by atoms with Crippen molar-refractivity contribution in [2.75, 3.05) is 10.2 Å². The Kier molecular flexibility index (Phi) is 5.47. The molecule has 1 N–H and O–H groups in total. The first-order valence-electron chi connectivity index (χ1n) is 8.79. The molecular formula is C23H17Cl2N3. The van der Waals surface area contributed by atoms with E-state index in [1.54, 1.807) is 12.1 Å². The molecule has 0 saturated carbocycles. The second kappa shape index (κ2) is 8.34. The van der Waals surface area contributed by atoms with Crippen LogP contribution in [0.15, 0.2) is 97.1 Å². The van der Waals surface area contributed by atoms with Gasteiger partial charge in [-0.15, -0.1) is 0 Å². The van der Waals surface area contributed by atoms with E-state index < -0.39 is 0 Å². The first-order valence-corrected chi connectivity index (χ1v) is 9.55. The van der Waals surface area contributed by atoms with E-state index in [0.717, 1.165) is 28.4 Å². The monoisotopic (exact) mass is 405 g/mol. The lowest BCUT2D eigenvalue weighted by atomic mass is 10.2. The molecule has 0 amide bonds. The van der Waals surface area contributed by atoms with Crippen molar-refractivity contribution in [2.24, 2.45) is 0 Å². The summed E-state index contributed by atoms with van der Waals surface area (Å²) in [4.78, 5) is 6.16. The first kappa shape index (κ1) is 18.4. The molecule has 3 nitrogen and oxygen atoms in total. The van der Waals surface area contributed by atoms with Crippen LogP contribution in [0.5, 0.6) is 0 Å². The predicted octanol–water partition coefficient (Wildman–Crippen LogP) is 7.60. The van der Waals surface area contributed by atoms with Crippen molar-refractivity contribution < 1.29 is 0 Å². The van der Waals surface area contributed by atoms with Crippen molar-refractivity contribution in [1.82, 2.24) is 4.98 Å². The standard InChI is InChI=1S/C23H17Cl2N3/c24-22-15-21(16-23(25)27-22)28(19-11-5-2-6-12-19)20-13-7-10-18(14-20)26-17-8-3-1-4-9-17/h1-16,26H. The molecule has 0 bridgehead atoms. The van der Waals surface area contributed by atoms with E-state index in [2.05, 4.69) is 21.3 Å². The first-order chi connectivity index (χ1) is 13.7. The molecule has 0 fully saturated rings. The Balaban J connectivity index is 1.78. The van der Waals surface area contributed by atoms with Crippen molar-refractivity contribution in [1.29, 1.82) is 0 Å². The summed E-state index contributed by atoms with van der Waals surface area (Å²) in [5, 5.41) is 4.13. The van der Waals surface area contributed by atoms with Gasteiger partial charge in [-0.25, -0.2) is 4.98 Å². The molecule has 138 valence electrons. The summed E-state index contributed by atoms with van der Waals surface area (Å²) in [6.45, 7) is 0. The molecule has 0 aliphatic heterocycles. The maximum absolute atomic E-state index is 6.17. The van der Waals surface area contributed by atoms with Crippen LogP contribution in [0, 0.1) is 0 Å². The Morgan fingerprint density at radius 1 is 0.571 bits per heavy atom. The summed E-state index contributed by atoms with van der Waals surface area (Å²) in [6.07, 6.45) is 0. The van der Waals surface area contributed by atoms with Crippen molar-refractivity contribution in [2.45, 2.75) is 0 Å². The number of hydrogen-bond acceptors (Lipinski definition) is 3. The number of nitrogens with zero attached hydrogens (tertiary/aromatic N) is 2. The maximum atomic E-state index is 6.17. The van der Waals surface area contributed by atoms with Crippen LogP contribution in [-0.4, -0.2) is 4.98 Å². The zero-order chi connectivity index (χ0) is 19.3. The van der Waals surface area contributed by atoms with Crippen LogP contribution in [0.3, 0.4) is 0 Å². The fraction of sp³-hybridized carbons (Fsp3) is 0. The maximum Gasteiger partial charge on any atom is 0.132 e. The van der Waals surface area contributed by atoms with Crippen LogP contribution < -0.4 is 10.2 Å². The molecule has 0 radical (unpaired) electrons. The van der Waals surface area contributed by atoms with Crippen molar-refractivity contribution in [3.8, 4) is 0 Å². The van der Waals surface area contributed by atoms with Crippen LogP contribution in [0.1, 0.15) is 0 Å². The summed E-state index contributed by atoms with van der Waals surface area (Å²) < 4.78 is 0. The van der Waals surface area contributed by atoms with Crippen molar-refractivity contribution in [3.05, 3.63) is 107 Å². The third-order valence-corrected chi connectivity index (χ3v) is 4.57. The average molecular weight is 406 g/mol. The number of hydrogen-bond donors (Lipinski definition) is 1. The lowest BCUT2D eigenvalue weighted by Gasteiger charge is -2.26. The smallest absolute Gasteiger partial charge is 0.132 e. The van der Waals surface area contributed by atoms with Gasteiger partial charge in [0.15, 0.2) is 0 Å². The highest BCUT2D eigenvalue weighted by Gasteiger charge is 2.14. The van der Waals surface area contributed by atoms with E-state index in [-0.39, 0.29) is 0 Å². The lowest BCUT2D eigenvalue weighted by Crippen LogP contribution is -2.10. The molecule has 3 aromatic carbocycles. The van der Waals surface area contributed by atoms with Gasteiger partial charge in [0.25, 0.3) is 0 Å². The molecule has 0 atom stereocenters. The normalized spacial score (nSPS) is 10.5. The van der Waals surface area contributed by atoms with Gasteiger partial charge in [-0.3, -0.25) is 0 Å². The second-order valence-electron chi connectivity index (χ2n) is 6.18. The van der Waals surface area contributed by atoms with Gasteiger partial charge in [-0.2, -0.15) is 0 Å². The van der Waals surface area contributed by atoms with Crippen molar-refractivity contribution >= 4 is 51.6 Å². The van der Waals surface area contributed by atoms with E-state index in [4.69, 9.17) is 23.2 Å². The van der Waals surface area contributed by atoms with E-state index in [1.165, 1.54) is 0 Å². The summed E-state index contributed by atoms with van der Waals surface area (Å²) in [6, 6.07) is 31.9. The minimum absolute atomic E-state index is 0.349. The highest BCUT2D eigenvalue weighted by molar-refractivity contribution is 6.32. The van der Waals surface area contributed by atoms with Crippen LogP contribution in [0.4, 0.5) is 28.4 Å². The molecule has 0 aliphatic carbocycles. The average Bonchev–Trinajstić information content (AvgIpc) is 2.69. The minimum atomic E-state index is 0.349. The van der Waals surface area contributed by atoms with Gasteiger partial charge in [0.2, 0.25) is 0 Å². The topological polar surface area (TPSA) is 28.2 Å². The fourth-order valence-electron chi connectivity index (χ4n) is 3.02. The molecular weight excluding hydrogens is 389 g/mol. The van der Waals surface area contributed by atoms with E-state index in [9.17, 15) is 0 Å². The molecule has 5 heteroatoms. The minimum Gasteiger partial charge on any atom is -0.355 e. The molecule has 0 spiro atoms. The highest BCUT2D eigenvalue weighted by atomic mass is 35.5. The van der Waals surface area contributed by atoms with Crippen molar-refractivity contribution in [3.63, 3.8) is 0 Å². The third kappa shape index (κ3) is 4.28. The number of nitrogens with one attached hydrogen (secondary N) is 1. The number of benzene rings is 3. The molecule has 1 aromatic heterocycles. The Bertz CT molecular complexity index is 1050. The molecule has 0 saturated heterocycles. The molecule has 1 heterocycles. The van der Waals surface area contributed by atoms with Crippen LogP contribution in [0.2, 0.25) is 10.3 Å². The second-order valence-corrected chi connectivity index (χ2v) is 6.96. The number of aromatic nitrogens is 1. The van der Waals surface area contributed by atoms with Gasteiger partial charge in [-0.1, -0.05) is 65.7 Å². The van der Waals surface area contributed by atoms with Gasteiger partial charge in [-0.05, 0) is 54.6 Å². The van der Waals surface area contributed by atoms with Crippen LogP contribution in [0.25, 0.3) is 0 Å². The van der Waals surface area contributed by atoms with Gasteiger partial charge in [0, 0.05) is 22.7 Å². The number of halogens is 2. The number of anilines is 5. The Hall–Kier alpha value is -3.01. The van der Waals surface area contributed by atoms with E-state index in [1.807, 2.05) is 78.9 Å². The fourth-order valence-corrected chi connectivity index (χ4v) is 3.47. The number of pyridine rings is 1. The lowest BCUT2D eigenvalue weighted by molar-refractivity contribution is 1.24. The largest absolute Gasteiger partial charge is 0.355 e. The molecule has 4 rings (SSSR count). The SMILES string of the molecule is Clc1cc(N(c2ccccc2)c2cccc(Nc3ccccc3)c2)cc(Cl)n1. The van der Waals surface area contributed by atoms with Gasteiger partial charge >= 0.3 is 0 Å². The van der Waals surface area contributed by atoms with E-state index >= 15 is 0 Å². The van der Waals surface area contributed by atoms with Crippen LogP contribution >= 0.6 is 23.2 Å². The van der Waals surface area contributed by atoms with Gasteiger partial charge in [0.05, 0.1) is 5.69 Å². The Morgan fingerprint density at radius 2 is 1.14 bits per heavy atom. The summed E-state index contributed by atoms with van der Waals surface area (Å²) >= 11 is 12.3. The quantitative estimate of drug-likeness (QED) is 0.346. The highest BCUT2D eigenvalue weighted by Crippen LogP contribution is 2.37. The summed E-state index contributed by atoms with van der Waals surface area (Å²) in [5.41, 5.74) is 4.83. The van der Waals surface area contributed by atoms with Gasteiger partial charge in [0.1, 0.15) is 10.3 Å². The summed E-state index contributed by atoms with van der Waals surface area (Å²) in [7, 11) is 0. The number of para-hydroxylation sites is 2. The zero-order valence-electron chi connectivity index (χ0n) is 14.9. The van der Waals surface area contributed by atoms with E-state index in [0.29, 0.717) is 10.3 Å². The predicted molar refractivity (Wildman–Crippen MR) is 119 cm³/mol. The molecule has 0 aliphatic rings. The number of rotatable bonds is 5. The molecule has 4 aromatic rings. The van der Waals surface area contributed by atoms with Crippen LogP contribution in [-0.2, 0) is 0 Å². The Labute approximate surface area is 174 Å². The van der Waals surface area contributed by atoms with Gasteiger partial charge < -0.3 is 10.2 Å². The zero-order valence-corrected chi connectivity index (χ0v) is 16.4. The molecule has 28 heavy (non-hydrogen) atoms. The Morgan fingerprint density at radius 3 is 1.82 bits per heavy atom. The summed E-state index contributed by atoms with van der Waals surface area (Å²) in [5.74, 6) is 0. The third-order valence-electron chi connectivity index (χ3n) is 4.19.